The van der Waals surface area contributed by atoms with E-state index in [2.05, 4.69) is 15.5 Å². The molecule has 0 bridgehead atoms. The molecule has 2 heterocycles. The van der Waals surface area contributed by atoms with Crippen molar-refractivity contribution in [2.24, 2.45) is 17.8 Å². The predicted octanol–water partition coefficient (Wildman–Crippen LogP) is 1.47. The van der Waals surface area contributed by atoms with E-state index in [-0.39, 0.29) is 34.9 Å². The first-order valence-corrected chi connectivity index (χ1v) is 14.5. The number of amides is 2. The van der Waals surface area contributed by atoms with Crippen molar-refractivity contribution in [3.63, 3.8) is 0 Å². The highest BCUT2D eigenvalue weighted by Crippen LogP contribution is 2.39. The standard InChI is InChI=1S/C24H43N3O5S/c1-5-19(25-22(29)18-10-11-33(31,32)15-18)21(28)14-27-13-17-9-7-6-8-16(17)12-20(27)23(30)26-24(2,3)4/h16-21,28H,5-15H2,1-4H3,(H,25,29)(H,26,30)/t16-,17+,18?,19-,20-,21+/m0/s1. The van der Waals surface area contributed by atoms with Crippen LogP contribution in [0.15, 0.2) is 0 Å². The zero-order valence-electron chi connectivity index (χ0n) is 20.7. The highest BCUT2D eigenvalue weighted by molar-refractivity contribution is 7.91. The Kier molecular flexibility index (Phi) is 8.49. The molecular formula is C24H43N3O5S. The topological polar surface area (TPSA) is 116 Å². The number of β-amino-alcohol motifs (C(OH)–C–C–N with tert-alkyl or cyclic N) is 1. The fraction of sp³-hybridized carbons (Fsp3) is 0.917. The SMILES string of the molecule is CC[C@H](NC(=O)C1CCS(=O)(=O)C1)[C@H](O)CN1C[C@H]2CCCC[C@H]2C[C@H]1C(=O)NC(C)(C)C. The molecule has 1 saturated carbocycles. The Morgan fingerprint density at radius 1 is 1.09 bits per heavy atom. The van der Waals surface area contributed by atoms with Crippen molar-refractivity contribution in [2.45, 2.75) is 96.4 Å². The molecule has 33 heavy (non-hydrogen) atoms. The summed E-state index contributed by atoms with van der Waals surface area (Å²) >= 11 is 0. The normalized spacial score (nSPS) is 31.9. The van der Waals surface area contributed by atoms with Gasteiger partial charge in [0.1, 0.15) is 0 Å². The van der Waals surface area contributed by atoms with E-state index in [4.69, 9.17) is 0 Å². The molecule has 3 rings (SSSR count). The van der Waals surface area contributed by atoms with Crippen molar-refractivity contribution in [2.75, 3.05) is 24.6 Å². The third-order valence-electron chi connectivity index (χ3n) is 7.56. The quantitative estimate of drug-likeness (QED) is 0.503. The van der Waals surface area contributed by atoms with Gasteiger partial charge in [-0.2, -0.15) is 0 Å². The Hall–Kier alpha value is -1.19. The second-order valence-electron chi connectivity index (χ2n) is 11.4. The monoisotopic (exact) mass is 485 g/mol. The number of carbonyl (C=O) groups is 2. The number of carbonyl (C=O) groups excluding carboxylic acids is 2. The second kappa shape index (κ2) is 10.6. The van der Waals surface area contributed by atoms with Crippen LogP contribution < -0.4 is 10.6 Å². The van der Waals surface area contributed by atoms with Gasteiger partial charge in [0, 0.05) is 18.6 Å². The first-order chi connectivity index (χ1) is 15.4. The molecule has 2 aliphatic heterocycles. The molecule has 3 fully saturated rings. The molecule has 2 amide bonds. The van der Waals surface area contributed by atoms with E-state index in [0.717, 1.165) is 25.8 Å². The molecule has 0 aromatic rings. The molecule has 0 aromatic carbocycles. The number of nitrogens with zero attached hydrogens (tertiary/aromatic N) is 1. The first kappa shape index (κ1) is 26.4. The van der Waals surface area contributed by atoms with Gasteiger partial charge < -0.3 is 15.7 Å². The van der Waals surface area contributed by atoms with Crippen LogP contribution in [0.2, 0.25) is 0 Å². The van der Waals surface area contributed by atoms with Gasteiger partial charge in [-0.25, -0.2) is 8.42 Å². The Labute approximate surface area is 199 Å². The molecule has 8 nitrogen and oxygen atoms in total. The second-order valence-corrected chi connectivity index (χ2v) is 13.7. The number of fused-ring (bicyclic) bond motifs is 1. The number of aliphatic hydroxyl groups excluding tert-OH is 1. The van der Waals surface area contributed by atoms with Crippen LogP contribution in [-0.4, -0.2) is 78.6 Å². The fourth-order valence-electron chi connectivity index (χ4n) is 5.77. The van der Waals surface area contributed by atoms with Crippen LogP contribution in [0.1, 0.15) is 72.6 Å². The average molecular weight is 486 g/mol. The minimum atomic E-state index is -3.15. The van der Waals surface area contributed by atoms with E-state index >= 15 is 0 Å². The Morgan fingerprint density at radius 3 is 2.33 bits per heavy atom. The third kappa shape index (κ3) is 7.15. The number of hydrogen-bond acceptors (Lipinski definition) is 6. The molecule has 190 valence electrons. The van der Waals surface area contributed by atoms with Crippen molar-refractivity contribution in [3.8, 4) is 0 Å². The number of sulfone groups is 1. The summed E-state index contributed by atoms with van der Waals surface area (Å²) in [5, 5.41) is 17.1. The largest absolute Gasteiger partial charge is 0.390 e. The lowest BCUT2D eigenvalue weighted by atomic mass is 9.72. The van der Waals surface area contributed by atoms with Crippen LogP contribution in [0.25, 0.3) is 0 Å². The summed E-state index contributed by atoms with van der Waals surface area (Å²) in [6.07, 6.45) is 5.61. The van der Waals surface area contributed by atoms with Crippen molar-refractivity contribution in [1.82, 2.24) is 15.5 Å². The van der Waals surface area contributed by atoms with Crippen LogP contribution in [0.3, 0.4) is 0 Å². The minimum absolute atomic E-state index is 0.00645. The van der Waals surface area contributed by atoms with E-state index in [1.807, 2.05) is 27.7 Å². The Bertz CT molecular complexity index is 809. The third-order valence-corrected chi connectivity index (χ3v) is 9.33. The highest BCUT2D eigenvalue weighted by atomic mass is 32.2. The summed E-state index contributed by atoms with van der Waals surface area (Å²) in [6.45, 7) is 8.92. The number of aliphatic hydroxyl groups is 1. The molecule has 3 N–H and O–H groups in total. The summed E-state index contributed by atoms with van der Waals surface area (Å²) in [4.78, 5) is 27.9. The number of nitrogens with one attached hydrogen (secondary N) is 2. The molecule has 1 unspecified atom stereocenters. The van der Waals surface area contributed by atoms with E-state index in [0.29, 0.717) is 31.2 Å². The zero-order chi connectivity index (χ0) is 24.4. The van der Waals surface area contributed by atoms with Gasteiger partial charge in [0.25, 0.3) is 0 Å². The Morgan fingerprint density at radius 2 is 1.76 bits per heavy atom. The number of piperidine rings is 1. The first-order valence-electron chi connectivity index (χ1n) is 12.6. The lowest BCUT2D eigenvalue weighted by Gasteiger charge is -2.47. The summed E-state index contributed by atoms with van der Waals surface area (Å²) in [7, 11) is -3.15. The summed E-state index contributed by atoms with van der Waals surface area (Å²) < 4.78 is 23.5. The predicted molar refractivity (Wildman–Crippen MR) is 128 cm³/mol. The maximum absolute atomic E-state index is 13.2. The van der Waals surface area contributed by atoms with Crippen LogP contribution >= 0.6 is 0 Å². The smallest absolute Gasteiger partial charge is 0.237 e. The van der Waals surface area contributed by atoms with Gasteiger partial charge in [-0.3, -0.25) is 14.5 Å². The minimum Gasteiger partial charge on any atom is -0.390 e. The van der Waals surface area contributed by atoms with Gasteiger partial charge in [-0.15, -0.1) is 0 Å². The van der Waals surface area contributed by atoms with Gasteiger partial charge >= 0.3 is 0 Å². The molecular weight excluding hydrogens is 442 g/mol. The van der Waals surface area contributed by atoms with Gasteiger partial charge in [0.2, 0.25) is 11.8 Å². The van der Waals surface area contributed by atoms with Crippen molar-refractivity contribution < 1.29 is 23.1 Å². The molecule has 6 atom stereocenters. The Balaban J connectivity index is 1.67. The average Bonchev–Trinajstić information content (AvgIpc) is 3.09. The number of hydrogen-bond donors (Lipinski definition) is 3. The fourth-order valence-corrected chi connectivity index (χ4v) is 7.51. The summed E-state index contributed by atoms with van der Waals surface area (Å²) in [5.41, 5.74) is -0.327. The van der Waals surface area contributed by atoms with Crippen LogP contribution in [0.4, 0.5) is 0 Å². The molecule has 9 heteroatoms. The molecule has 0 spiro atoms. The zero-order valence-corrected chi connectivity index (χ0v) is 21.5. The van der Waals surface area contributed by atoms with E-state index in [1.54, 1.807) is 0 Å². The summed E-state index contributed by atoms with van der Waals surface area (Å²) in [5.74, 6) is 0.194. The molecule has 1 aliphatic carbocycles. The van der Waals surface area contributed by atoms with Gasteiger partial charge in [-0.05, 0) is 58.3 Å². The van der Waals surface area contributed by atoms with Crippen LogP contribution in [-0.2, 0) is 19.4 Å². The van der Waals surface area contributed by atoms with Crippen LogP contribution in [0.5, 0.6) is 0 Å². The molecule has 0 aromatic heterocycles. The lowest BCUT2D eigenvalue weighted by molar-refractivity contribution is -0.133. The van der Waals surface area contributed by atoms with Crippen molar-refractivity contribution >= 4 is 21.7 Å². The van der Waals surface area contributed by atoms with E-state index in [9.17, 15) is 23.1 Å². The maximum Gasteiger partial charge on any atom is 0.237 e. The number of likely N-dealkylation sites (tertiary alicyclic amines) is 1. The van der Waals surface area contributed by atoms with Gasteiger partial charge in [0.15, 0.2) is 9.84 Å². The van der Waals surface area contributed by atoms with Gasteiger partial charge in [0.05, 0.1) is 35.6 Å². The van der Waals surface area contributed by atoms with E-state index < -0.39 is 27.9 Å². The summed E-state index contributed by atoms with van der Waals surface area (Å²) in [6, 6.07) is -0.761. The molecule has 3 aliphatic rings. The lowest BCUT2D eigenvalue weighted by Crippen LogP contribution is -2.60. The van der Waals surface area contributed by atoms with Crippen molar-refractivity contribution in [1.29, 1.82) is 0 Å². The van der Waals surface area contributed by atoms with Crippen LogP contribution in [0, 0.1) is 17.8 Å². The van der Waals surface area contributed by atoms with Gasteiger partial charge in [-0.1, -0.05) is 26.2 Å². The molecule has 2 saturated heterocycles. The molecule has 0 radical (unpaired) electrons. The van der Waals surface area contributed by atoms with Crippen molar-refractivity contribution in [3.05, 3.63) is 0 Å². The maximum atomic E-state index is 13.2. The highest BCUT2D eigenvalue weighted by Gasteiger charge is 2.42. The van der Waals surface area contributed by atoms with E-state index in [1.165, 1.54) is 12.8 Å². The number of rotatable bonds is 7.